The lowest BCUT2D eigenvalue weighted by Crippen LogP contribution is -2.44. The van der Waals surface area contributed by atoms with Crippen molar-refractivity contribution < 1.29 is 43.7 Å². The van der Waals surface area contributed by atoms with Gasteiger partial charge in [0.15, 0.2) is 11.6 Å². The molecule has 4 rings (SSSR count). The summed E-state index contributed by atoms with van der Waals surface area (Å²) in [5.74, 6) is -4.51. The molecule has 8 nitrogen and oxygen atoms in total. The van der Waals surface area contributed by atoms with Gasteiger partial charge in [0.2, 0.25) is 5.78 Å². The van der Waals surface area contributed by atoms with Crippen LogP contribution in [-0.2, 0) is 11.2 Å². The number of carbonyl (C=O) groups excluding carboxylic acids is 3. The Morgan fingerprint density at radius 1 is 1.17 bits per heavy atom. The monoisotopic (exact) mass is 401 g/mol. The molecule has 150 valence electrons. The van der Waals surface area contributed by atoms with Gasteiger partial charge in [0, 0.05) is 29.5 Å². The summed E-state index contributed by atoms with van der Waals surface area (Å²) in [6.45, 7) is 1.10. The SMILES string of the molecule is [2H]C([2H])([2H])Oc1cccc2c1C(=O)c1c(O)c3c(c(O)c1C2=O)C[C@](O)(C(C)=O)C[C@H]3O. The molecule has 2 aromatic carbocycles. The van der Waals surface area contributed by atoms with E-state index in [1.807, 2.05) is 0 Å². The van der Waals surface area contributed by atoms with Gasteiger partial charge in [-0.2, -0.15) is 0 Å². The molecule has 2 atom stereocenters. The van der Waals surface area contributed by atoms with E-state index in [1.165, 1.54) is 18.2 Å². The Balaban J connectivity index is 1.99. The van der Waals surface area contributed by atoms with E-state index in [4.69, 9.17) is 8.85 Å². The first kappa shape index (κ1) is 15.7. The van der Waals surface area contributed by atoms with Crippen LogP contribution in [0.5, 0.6) is 17.2 Å². The number of ketones is 3. The predicted molar refractivity (Wildman–Crippen MR) is 98.5 cm³/mol. The number of hydrogen-bond donors (Lipinski definition) is 4. The second-order valence-corrected chi connectivity index (χ2v) is 7.26. The van der Waals surface area contributed by atoms with Crippen LogP contribution in [0.25, 0.3) is 0 Å². The van der Waals surface area contributed by atoms with Crippen LogP contribution >= 0.6 is 0 Å². The van der Waals surface area contributed by atoms with Gasteiger partial charge >= 0.3 is 0 Å². The highest BCUT2D eigenvalue weighted by Crippen LogP contribution is 2.50. The molecule has 0 saturated carbocycles. The Morgan fingerprint density at radius 3 is 2.52 bits per heavy atom. The number of benzene rings is 2. The van der Waals surface area contributed by atoms with Crippen LogP contribution in [0.3, 0.4) is 0 Å². The highest BCUT2D eigenvalue weighted by molar-refractivity contribution is 6.31. The number of phenols is 2. The maximum atomic E-state index is 13.3. The second kappa shape index (κ2) is 6.13. The molecule has 2 aliphatic rings. The lowest BCUT2D eigenvalue weighted by Gasteiger charge is -2.36. The Bertz CT molecular complexity index is 1220. The molecule has 29 heavy (non-hydrogen) atoms. The van der Waals surface area contributed by atoms with Gasteiger partial charge in [-0.05, 0) is 13.0 Å². The number of rotatable bonds is 2. The summed E-state index contributed by atoms with van der Waals surface area (Å²) >= 11 is 0. The van der Waals surface area contributed by atoms with Gasteiger partial charge in [0.25, 0.3) is 0 Å². The van der Waals surface area contributed by atoms with Crippen LogP contribution in [0.15, 0.2) is 18.2 Å². The molecule has 0 unspecified atom stereocenters. The summed E-state index contributed by atoms with van der Waals surface area (Å²) in [6, 6.07) is 3.71. The number of methoxy groups -OCH3 is 1. The summed E-state index contributed by atoms with van der Waals surface area (Å²) in [7, 11) is -2.92. The molecule has 2 aromatic rings. The molecular weight excluding hydrogens is 380 g/mol. The van der Waals surface area contributed by atoms with E-state index < -0.39 is 82.9 Å². The molecular formula is C21H18O8. The molecule has 0 aliphatic heterocycles. The minimum atomic E-state index is -2.92. The van der Waals surface area contributed by atoms with E-state index in [-0.39, 0.29) is 16.7 Å². The molecule has 0 amide bonds. The zero-order valence-electron chi connectivity index (χ0n) is 18.1. The molecule has 0 aromatic heterocycles. The standard InChI is InChI=1S/C21H18O8/c1-8(22)21(28)6-10-13(11(23)7-21)19(26)16-15(18(10)25)17(24)9-4-3-5-12(29-2)14(9)20(16)27/h3-5,11,23,25-26,28H,6-7H2,1-2H3/t11-,21-/m1/s1/i2D3. The van der Waals surface area contributed by atoms with Gasteiger partial charge < -0.3 is 25.2 Å². The summed E-state index contributed by atoms with van der Waals surface area (Å²) < 4.78 is 26.7. The molecule has 0 fully saturated rings. The van der Waals surface area contributed by atoms with E-state index in [9.17, 15) is 34.8 Å². The van der Waals surface area contributed by atoms with Crippen molar-refractivity contribution in [3.05, 3.63) is 51.6 Å². The largest absolute Gasteiger partial charge is 0.507 e. The minimum Gasteiger partial charge on any atom is -0.507 e. The number of aliphatic hydroxyl groups is 2. The third-order valence-electron chi connectivity index (χ3n) is 5.64. The average molecular weight is 401 g/mol. The fourth-order valence-electron chi connectivity index (χ4n) is 4.13. The number of ether oxygens (including phenoxy) is 1. The first-order valence-corrected chi connectivity index (χ1v) is 8.70. The molecule has 8 heteroatoms. The molecule has 0 saturated heterocycles. The van der Waals surface area contributed by atoms with Crippen LogP contribution in [0.1, 0.15) is 66.5 Å². The summed E-state index contributed by atoms with van der Waals surface area (Å²) in [4.78, 5) is 38.4. The first-order chi connectivity index (χ1) is 14.8. The normalized spacial score (nSPS) is 24.5. The maximum absolute atomic E-state index is 13.3. The third kappa shape index (κ3) is 2.43. The summed E-state index contributed by atoms with van der Waals surface area (Å²) in [6.07, 6.45) is -2.60. The van der Waals surface area contributed by atoms with E-state index in [0.29, 0.717) is 0 Å². The average Bonchev–Trinajstić information content (AvgIpc) is 2.66. The van der Waals surface area contributed by atoms with E-state index in [1.54, 1.807) is 0 Å². The van der Waals surface area contributed by atoms with Crippen LogP contribution < -0.4 is 4.74 Å². The Kier molecular flexibility index (Phi) is 3.31. The zero-order valence-corrected chi connectivity index (χ0v) is 15.1. The Morgan fingerprint density at radius 2 is 1.86 bits per heavy atom. The molecule has 0 heterocycles. The summed E-state index contributed by atoms with van der Waals surface area (Å²) in [5.41, 5.74) is -4.38. The molecule has 4 N–H and O–H groups in total. The molecule has 2 aliphatic carbocycles. The lowest BCUT2D eigenvalue weighted by molar-refractivity contribution is -0.139. The number of carbonyl (C=O) groups is 3. The molecule has 0 bridgehead atoms. The number of fused-ring (bicyclic) bond motifs is 3. The van der Waals surface area contributed by atoms with Gasteiger partial charge in [-0.3, -0.25) is 14.4 Å². The lowest BCUT2D eigenvalue weighted by atomic mass is 9.72. The van der Waals surface area contributed by atoms with Gasteiger partial charge in [-0.1, -0.05) is 12.1 Å². The smallest absolute Gasteiger partial charge is 0.202 e. The predicted octanol–water partition coefficient (Wildman–Crippen LogP) is 1.18. The van der Waals surface area contributed by atoms with Gasteiger partial charge in [-0.15, -0.1) is 0 Å². The van der Waals surface area contributed by atoms with Crippen molar-refractivity contribution in [3.8, 4) is 17.2 Å². The minimum absolute atomic E-state index is 0.225. The molecule has 0 spiro atoms. The Labute approximate surface area is 169 Å². The Hall–Kier alpha value is -3.23. The van der Waals surface area contributed by atoms with Crippen LogP contribution in [0.4, 0.5) is 0 Å². The van der Waals surface area contributed by atoms with Crippen molar-refractivity contribution in [2.24, 2.45) is 0 Å². The second-order valence-electron chi connectivity index (χ2n) is 7.26. The summed E-state index contributed by atoms with van der Waals surface area (Å²) in [5, 5.41) is 42.8. The van der Waals surface area contributed by atoms with Crippen molar-refractivity contribution >= 4 is 17.3 Å². The van der Waals surface area contributed by atoms with Crippen LogP contribution in [0, 0.1) is 0 Å². The van der Waals surface area contributed by atoms with Crippen molar-refractivity contribution in [2.75, 3.05) is 7.04 Å². The number of Topliss-reactive ketones (excluding diaryl/α,β-unsaturated/α-hetero) is 1. The van der Waals surface area contributed by atoms with E-state index in [0.717, 1.165) is 6.92 Å². The van der Waals surface area contributed by atoms with Crippen molar-refractivity contribution in [3.63, 3.8) is 0 Å². The quantitative estimate of drug-likeness (QED) is 0.469. The van der Waals surface area contributed by atoms with Crippen molar-refractivity contribution in [2.45, 2.75) is 31.5 Å². The number of aliphatic hydroxyl groups excluding tert-OH is 1. The highest BCUT2D eigenvalue weighted by atomic mass is 16.5. The van der Waals surface area contributed by atoms with Gasteiger partial charge in [0.05, 0.1) is 33.9 Å². The van der Waals surface area contributed by atoms with Crippen molar-refractivity contribution in [1.29, 1.82) is 0 Å². The first-order valence-electron chi connectivity index (χ1n) is 10.2. The molecule has 0 radical (unpaired) electrons. The third-order valence-corrected chi connectivity index (χ3v) is 5.64. The number of phenolic OH excluding ortho intramolecular Hbond substituents is 2. The number of aromatic hydroxyl groups is 2. The topological polar surface area (TPSA) is 141 Å². The fraction of sp³-hybridized carbons (Fsp3) is 0.286. The van der Waals surface area contributed by atoms with Gasteiger partial charge in [-0.25, -0.2) is 0 Å². The van der Waals surface area contributed by atoms with Gasteiger partial charge in [0.1, 0.15) is 22.8 Å². The van der Waals surface area contributed by atoms with Crippen molar-refractivity contribution in [1.82, 2.24) is 0 Å². The van der Waals surface area contributed by atoms with Crippen LogP contribution in [-0.4, -0.2) is 50.4 Å². The highest BCUT2D eigenvalue weighted by Gasteiger charge is 2.47. The maximum Gasteiger partial charge on any atom is 0.202 e. The number of hydrogen-bond acceptors (Lipinski definition) is 8. The fourth-order valence-corrected chi connectivity index (χ4v) is 4.13. The van der Waals surface area contributed by atoms with E-state index >= 15 is 0 Å². The van der Waals surface area contributed by atoms with E-state index in [2.05, 4.69) is 0 Å². The zero-order chi connectivity index (χ0) is 23.7. The van der Waals surface area contributed by atoms with Crippen LogP contribution in [0.2, 0.25) is 0 Å².